The Morgan fingerprint density at radius 2 is 2.00 bits per heavy atom. The number of H-pyrrole nitrogens is 1. The molecule has 1 aromatic carbocycles. The Labute approximate surface area is 131 Å². The molecule has 0 saturated heterocycles. The summed E-state index contributed by atoms with van der Waals surface area (Å²) in [5, 5.41) is 18.8. The molecule has 0 amide bonds. The van der Waals surface area contributed by atoms with Crippen molar-refractivity contribution in [1.82, 2.24) is 9.97 Å². The average molecular weight is 396 g/mol. The normalized spacial score (nSPS) is 11.5. The first-order chi connectivity index (χ1) is 9.65. The molecule has 2 heterocycles. The van der Waals surface area contributed by atoms with Crippen molar-refractivity contribution >= 4 is 54.3 Å². The Morgan fingerprint density at radius 3 is 2.75 bits per heavy atom. The summed E-state index contributed by atoms with van der Waals surface area (Å²) in [6.45, 7) is 0. The van der Waals surface area contributed by atoms with E-state index in [4.69, 9.17) is 0 Å². The van der Waals surface area contributed by atoms with E-state index in [9.17, 15) is 5.11 Å². The fourth-order valence-electron chi connectivity index (χ4n) is 1.81. The Kier molecular flexibility index (Phi) is 3.54. The van der Waals surface area contributed by atoms with Gasteiger partial charge in [0.25, 0.3) is 0 Å². The van der Waals surface area contributed by atoms with Gasteiger partial charge in [0.1, 0.15) is 0 Å². The number of azo groups is 1. The molecule has 0 unspecified atom stereocenters. The zero-order chi connectivity index (χ0) is 14.1. The number of aromatic amines is 1. The molecule has 0 aliphatic heterocycles. The highest BCUT2D eigenvalue weighted by Gasteiger charge is 2.13. The van der Waals surface area contributed by atoms with E-state index in [0.717, 1.165) is 19.8 Å². The maximum Gasteiger partial charge on any atom is 0.218 e. The number of rotatable bonds is 2. The predicted octanol–water partition coefficient (Wildman–Crippen LogP) is 5.21. The third-order valence-electron chi connectivity index (χ3n) is 2.68. The summed E-state index contributed by atoms with van der Waals surface area (Å²) in [5.74, 6) is 0.453. The highest BCUT2D eigenvalue weighted by atomic mass is 79.9. The van der Waals surface area contributed by atoms with Crippen molar-refractivity contribution < 1.29 is 5.11 Å². The number of aromatic nitrogens is 2. The molecule has 0 saturated carbocycles. The SMILES string of the molecule is Oc1[nH]c2c(Br)cc(Br)cc2c1N=Nc1ccccn1. The van der Waals surface area contributed by atoms with Gasteiger partial charge in [-0.2, -0.15) is 0 Å². The standard InChI is InChI=1S/C13H8Br2N4O/c14-7-5-8-11(9(15)6-7)17-13(20)12(8)19-18-10-3-1-2-4-16-10/h1-6,17,20H. The van der Waals surface area contributed by atoms with E-state index in [1.165, 1.54) is 0 Å². The summed E-state index contributed by atoms with van der Waals surface area (Å²) < 4.78 is 1.71. The molecule has 20 heavy (non-hydrogen) atoms. The molecule has 0 aliphatic carbocycles. The number of fused-ring (bicyclic) bond motifs is 1. The van der Waals surface area contributed by atoms with Gasteiger partial charge in [-0.3, -0.25) is 0 Å². The summed E-state index contributed by atoms with van der Waals surface area (Å²) in [4.78, 5) is 6.92. The summed E-state index contributed by atoms with van der Waals surface area (Å²) in [6, 6.07) is 9.11. The molecule has 5 nitrogen and oxygen atoms in total. The van der Waals surface area contributed by atoms with Crippen LogP contribution in [0.3, 0.4) is 0 Å². The van der Waals surface area contributed by atoms with Crippen LogP contribution in [0.1, 0.15) is 0 Å². The van der Waals surface area contributed by atoms with Gasteiger partial charge in [-0.05, 0) is 40.2 Å². The Hall–Kier alpha value is -1.73. The molecular weight excluding hydrogens is 388 g/mol. The van der Waals surface area contributed by atoms with Gasteiger partial charge in [0, 0.05) is 20.5 Å². The third kappa shape index (κ3) is 2.46. The number of nitrogens with one attached hydrogen (secondary N) is 1. The summed E-state index contributed by atoms with van der Waals surface area (Å²) in [7, 11) is 0. The van der Waals surface area contributed by atoms with E-state index >= 15 is 0 Å². The molecule has 3 rings (SSSR count). The van der Waals surface area contributed by atoms with Gasteiger partial charge in [0.2, 0.25) is 5.88 Å². The monoisotopic (exact) mass is 394 g/mol. The first-order valence-electron chi connectivity index (χ1n) is 5.67. The second-order valence-corrected chi connectivity index (χ2v) is 5.79. The predicted molar refractivity (Wildman–Crippen MR) is 83.8 cm³/mol. The van der Waals surface area contributed by atoms with Crippen molar-refractivity contribution in [3.8, 4) is 5.88 Å². The van der Waals surface area contributed by atoms with Gasteiger partial charge in [-0.25, -0.2) is 4.98 Å². The minimum Gasteiger partial charge on any atom is -0.493 e. The van der Waals surface area contributed by atoms with Crippen molar-refractivity contribution in [1.29, 1.82) is 0 Å². The van der Waals surface area contributed by atoms with Crippen LogP contribution >= 0.6 is 31.9 Å². The molecule has 0 bridgehead atoms. The fourth-order valence-corrected chi connectivity index (χ4v) is 3.13. The lowest BCUT2D eigenvalue weighted by Gasteiger charge is -1.96. The number of hydrogen-bond donors (Lipinski definition) is 2. The van der Waals surface area contributed by atoms with Gasteiger partial charge in [0.15, 0.2) is 11.5 Å². The minimum absolute atomic E-state index is 0.0292. The minimum atomic E-state index is -0.0292. The largest absolute Gasteiger partial charge is 0.493 e. The van der Waals surface area contributed by atoms with E-state index in [0.29, 0.717) is 11.5 Å². The second kappa shape index (κ2) is 5.34. The van der Waals surface area contributed by atoms with Crippen LogP contribution < -0.4 is 0 Å². The zero-order valence-corrected chi connectivity index (χ0v) is 13.2. The quantitative estimate of drug-likeness (QED) is 0.584. The van der Waals surface area contributed by atoms with Crippen molar-refractivity contribution in [3.63, 3.8) is 0 Å². The molecule has 2 N–H and O–H groups in total. The lowest BCUT2D eigenvalue weighted by atomic mass is 10.2. The van der Waals surface area contributed by atoms with Crippen LogP contribution in [0.5, 0.6) is 5.88 Å². The van der Waals surface area contributed by atoms with E-state index in [2.05, 4.69) is 52.1 Å². The molecule has 100 valence electrons. The topological polar surface area (TPSA) is 73.6 Å². The average Bonchev–Trinajstić information content (AvgIpc) is 2.74. The fraction of sp³-hybridized carbons (Fsp3) is 0. The number of aromatic hydroxyl groups is 1. The zero-order valence-electron chi connectivity index (χ0n) is 10.0. The van der Waals surface area contributed by atoms with Crippen LogP contribution in [0.2, 0.25) is 0 Å². The lowest BCUT2D eigenvalue weighted by Crippen LogP contribution is -1.72. The number of pyridine rings is 1. The van der Waals surface area contributed by atoms with E-state index in [1.807, 2.05) is 18.2 Å². The summed E-state index contributed by atoms with van der Waals surface area (Å²) in [6.07, 6.45) is 1.64. The van der Waals surface area contributed by atoms with Crippen molar-refractivity contribution in [3.05, 3.63) is 45.5 Å². The third-order valence-corrected chi connectivity index (χ3v) is 3.76. The van der Waals surface area contributed by atoms with Crippen LogP contribution in [0.4, 0.5) is 11.5 Å². The van der Waals surface area contributed by atoms with Crippen LogP contribution in [0.15, 0.2) is 55.7 Å². The summed E-state index contributed by atoms with van der Waals surface area (Å²) in [5.41, 5.74) is 1.15. The number of hydrogen-bond acceptors (Lipinski definition) is 4. The molecule has 0 atom stereocenters. The molecule has 0 spiro atoms. The van der Waals surface area contributed by atoms with E-state index < -0.39 is 0 Å². The molecule has 0 fully saturated rings. The van der Waals surface area contributed by atoms with Gasteiger partial charge in [0.05, 0.1) is 5.52 Å². The molecular formula is C13H8Br2N4O. The highest BCUT2D eigenvalue weighted by molar-refractivity contribution is 9.11. The smallest absolute Gasteiger partial charge is 0.218 e. The Bertz CT molecular complexity index is 799. The molecule has 0 aliphatic rings. The van der Waals surface area contributed by atoms with Gasteiger partial charge < -0.3 is 10.1 Å². The molecule has 2 aromatic heterocycles. The Balaban J connectivity index is 2.12. The summed E-state index contributed by atoms with van der Waals surface area (Å²) >= 11 is 6.85. The van der Waals surface area contributed by atoms with Gasteiger partial charge >= 0.3 is 0 Å². The van der Waals surface area contributed by atoms with Crippen molar-refractivity contribution in [2.75, 3.05) is 0 Å². The lowest BCUT2D eigenvalue weighted by molar-refractivity contribution is 0.459. The van der Waals surface area contributed by atoms with Crippen LogP contribution in [-0.4, -0.2) is 15.1 Å². The van der Waals surface area contributed by atoms with E-state index in [1.54, 1.807) is 18.3 Å². The van der Waals surface area contributed by atoms with E-state index in [-0.39, 0.29) is 5.88 Å². The van der Waals surface area contributed by atoms with Crippen LogP contribution in [0.25, 0.3) is 10.9 Å². The van der Waals surface area contributed by atoms with Crippen LogP contribution in [-0.2, 0) is 0 Å². The Morgan fingerprint density at radius 1 is 1.15 bits per heavy atom. The van der Waals surface area contributed by atoms with Crippen molar-refractivity contribution in [2.24, 2.45) is 10.2 Å². The van der Waals surface area contributed by atoms with Gasteiger partial charge in [-0.1, -0.05) is 22.0 Å². The van der Waals surface area contributed by atoms with Crippen LogP contribution in [0, 0.1) is 0 Å². The molecule has 3 aromatic rings. The first kappa shape index (κ1) is 13.3. The van der Waals surface area contributed by atoms with Gasteiger partial charge in [-0.15, -0.1) is 10.2 Å². The maximum atomic E-state index is 9.96. The first-order valence-corrected chi connectivity index (χ1v) is 7.26. The number of benzene rings is 1. The molecule has 0 radical (unpaired) electrons. The number of nitrogens with zero attached hydrogens (tertiary/aromatic N) is 3. The maximum absolute atomic E-state index is 9.96. The second-order valence-electron chi connectivity index (χ2n) is 4.02. The highest BCUT2D eigenvalue weighted by Crippen LogP contribution is 2.40. The molecule has 7 heteroatoms. The van der Waals surface area contributed by atoms with Crippen molar-refractivity contribution in [2.45, 2.75) is 0 Å². The number of halogens is 2.